The number of hydrogen-bond acceptors (Lipinski definition) is 2. The Morgan fingerprint density at radius 3 is 2.50 bits per heavy atom. The van der Waals surface area contributed by atoms with E-state index < -0.39 is 0 Å². The maximum Gasteiger partial charge on any atom is 0.0881 e. The molecule has 1 aromatic rings. The van der Waals surface area contributed by atoms with Crippen LogP contribution in [0.25, 0.3) is 0 Å². The van der Waals surface area contributed by atoms with Crippen LogP contribution >= 0.6 is 0 Å². The van der Waals surface area contributed by atoms with Gasteiger partial charge in [0.1, 0.15) is 0 Å². The van der Waals surface area contributed by atoms with Crippen molar-refractivity contribution in [1.29, 1.82) is 0 Å². The summed E-state index contributed by atoms with van der Waals surface area (Å²) >= 11 is 0. The highest BCUT2D eigenvalue weighted by Gasteiger charge is 1.90. The van der Waals surface area contributed by atoms with Gasteiger partial charge in [-0.15, -0.1) is 0 Å². The fourth-order valence-electron chi connectivity index (χ4n) is 0.783. The Morgan fingerprint density at radius 1 is 1.20 bits per heavy atom. The molecule has 0 radical (unpaired) electrons. The fraction of sp³-hybridized carbons (Fsp3) is 0.250. The average Bonchev–Trinajstić information content (AvgIpc) is 1.94. The molecule has 0 unspecified atom stereocenters. The van der Waals surface area contributed by atoms with Gasteiger partial charge in [0.25, 0.3) is 0 Å². The molecule has 0 aliphatic carbocycles. The monoisotopic (exact) mass is 134 g/mol. The van der Waals surface area contributed by atoms with Gasteiger partial charge in [-0.1, -0.05) is 18.2 Å². The molecule has 2 nitrogen and oxygen atoms in total. The average molecular weight is 134 g/mol. The molecule has 0 aliphatic heterocycles. The summed E-state index contributed by atoms with van der Waals surface area (Å²) in [7, 11) is 1.67. The van der Waals surface area contributed by atoms with Crippen LogP contribution in [-0.4, -0.2) is 7.05 Å². The molecular weight excluding hydrogens is 124 g/mol. The van der Waals surface area contributed by atoms with E-state index in [9.17, 15) is 0 Å². The van der Waals surface area contributed by atoms with Crippen molar-refractivity contribution in [3.63, 3.8) is 0 Å². The molecule has 0 bridgehead atoms. The number of nitrogens with zero attached hydrogens (tertiary/aromatic N) is 2. The first-order chi connectivity index (χ1) is 4.84. The van der Waals surface area contributed by atoms with E-state index in [4.69, 9.17) is 0 Å². The molecule has 10 heavy (non-hydrogen) atoms. The van der Waals surface area contributed by atoms with E-state index in [0.29, 0.717) is 0 Å². The molecule has 0 atom stereocenters. The van der Waals surface area contributed by atoms with E-state index in [2.05, 4.69) is 10.2 Å². The van der Waals surface area contributed by atoms with E-state index in [1.165, 1.54) is 0 Å². The van der Waals surface area contributed by atoms with Crippen molar-refractivity contribution in [3.05, 3.63) is 29.8 Å². The maximum atomic E-state index is 3.93. The quantitative estimate of drug-likeness (QED) is 0.527. The molecule has 0 N–H and O–H groups in total. The lowest BCUT2D eigenvalue weighted by Gasteiger charge is -1.94. The van der Waals surface area contributed by atoms with Gasteiger partial charge >= 0.3 is 0 Å². The Morgan fingerprint density at radius 2 is 1.90 bits per heavy atom. The first kappa shape index (κ1) is 6.93. The van der Waals surface area contributed by atoms with Gasteiger partial charge in [0.2, 0.25) is 0 Å². The first-order valence-electron chi connectivity index (χ1n) is 3.20. The van der Waals surface area contributed by atoms with E-state index >= 15 is 0 Å². The molecule has 0 aromatic heterocycles. The largest absolute Gasteiger partial charge is 0.192 e. The third kappa shape index (κ3) is 1.41. The molecule has 0 aliphatic rings. The zero-order valence-corrected chi connectivity index (χ0v) is 6.20. The minimum absolute atomic E-state index is 0.949. The van der Waals surface area contributed by atoms with Gasteiger partial charge in [0.05, 0.1) is 5.69 Å². The third-order valence-corrected chi connectivity index (χ3v) is 1.32. The Bertz CT molecular complexity index is 241. The number of benzene rings is 1. The van der Waals surface area contributed by atoms with Gasteiger partial charge in [0.15, 0.2) is 0 Å². The summed E-state index contributed by atoms with van der Waals surface area (Å²) in [6.07, 6.45) is 0. The van der Waals surface area contributed by atoms with Gasteiger partial charge in [-0.05, 0) is 18.6 Å². The van der Waals surface area contributed by atoms with Crippen molar-refractivity contribution in [1.82, 2.24) is 0 Å². The zero-order chi connectivity index (χ0) is 7.40. The second-order valence-electron chi connectivity index (χ2n) is 2.09. The first-order valence-corrected chi connectivity index (χ1v) is 3.20. The van der Waals surface area contributed by atoms with Crippen molar-refractivity contribution >= 4 is 5.69 Å². The summed E-state index contributed by atoms with van der Waals surface area (Å²) in [6, 6.07) is 7.91. The van der Waals surface area contributed by atoms with Crippen LogP contribution in [0.4, 0.5) is 5.69 Å². The van der Waals surface area contributed by atoms with Crippen molar-refractivity contribution < 1.29 is 0 Å². The molecular formula is C8H10N2. The molecule has 0 fully saturated rings. The zero-order valence-electron chi connectivity index (χ0n) is 6.20. The molecule has 0 spiro atoms. The minimum atomic E-state index is 0.949. The number of rotatable bonds is 1. The second kappa shape index (κ2) is 3.11. The van der Waals surface area contributed by atoms with Crippen LogP contribution in [-0.2, 0) is 0 Å². The molecule has 0 heterocycles. The molecule has 2 heteroatoms. The smallest absolute Gasteiger partial charge is 0.0881 e. The van der Waals surface area contributed by atoms with Crippen LogP contribution < -0.4 is 0 Å². The summed E-state index contributed by atoms with van der Waals surface area (Å²) < 4.78 is 0. The predicted molar refractivity (Wildman–Crippen MR) is 41.6 cm³/mol. The van der Waals surface area contributed by atoms with Crippen molar-refractivity contribution in [2.45, 2.75) is 6.92 Å². The number of aryl methyl sites for hydroxylation is 1. The number of azo groups is 1. The topological polar surface area (TPSA) is 24.7 Å². The molecule has 0 amide bonds. The summed E-state index contributed by atoms with van der Waals surface area (Å²) in [4.78, 5) is 0. The Labute approximate surface area is 60.6 Å². The number of hydrogen-bond donors (Lipinski definition) is 0. The van der Waals surface area contributed by atoms with E-state index in [1.54, 1.807) is 7.05 Å². The highest BCUT2D eigenvalue weighted by molar-refractivity contribution is 5.43. The SMILES string of the molecule is C/N=N\c1ccccc1C. The third-order valence-electron chi connectivity index (χ3n) is 1.32. The van der Waals surface area contributed by atoms with E-state index in [-0.39, 0.29) is 0 Å². The predicted octanol–water partition coefficient (Wildman–Crippen LogP) is 2.71. The van der Waals surface area contributed by atoms with Crippen LogP contribution in [0.15, 0.2) is 34.5 Å². The fourth-order valence-corrected chi connectivity index (χ4v) is 0.783. The molecule has 52 valence electrons. The Kier molecular flexibility index (Phi) is 2.15. The van der Waals surface area contributed by atoms with Gasteiger partial charge < -0.3 is 0 Å². The summed E-state index contributed by atoms with van der Waals surface area (Å²) in [5.41, 5.74) is 2.11. The maximum absolute atomic E-state index is 3.93. The Balaban J connectivity index is 3.03. The van der Waals surface area contributed by atoms with Crippen molar-refractivity contribution in [2.24, 2.45) is 10.2 Å². The van der Waals surface area contributed by atoms with Crippen LogP contribution in [0.5, 0.6) is 0 Å². The van der Waals surface area contributed by atoms with E-state index in [0.717, 1.165) is 11.3 Å². The molecule has 1 rings (SSSR count). The summed E-state index contributed by atoms with van der Waals surface area (Å²) in [5, 5.41) is 7.62. The Hall–Kier alpha value is -1.18. The standard InChI is InChI=1S/C8H10N2/c1-7-5-3-4-6-8(7)10-9-2/h3-6H,1-2H3/b10-9-. The van der Waals surface area contributed by atoms with E-state index in [1.807, 2.05) is 31.2 Å². The summed E-state index contributed by atoms with van der Waals surface area (Å²) in [5.74, 6) is 0. The normalized spacial score (nSPS) is 10.6. The van der Waals surface area contributed by atoms with Crippen molar-refractivity contribution in [2.75, 3.05) is 7.05 Å². The highest BCUT2D eigenvalue weighted by Crippen LogP contribution is 2.16. The van der Waals surface area contributed by atoms with Gasteiger partial charge in [-0.2, -0.15) is 10.2 Å². The molecule has 0 saturated heterocycles. The van der Waals surface area contributed by atoms with Crippen LogP contribution in [0.1, 0.15) is 5.56 Å². The van der Waals surface area contributed by atoms with Gasteiger partial charge in [0, 0.05) is 7.05 Å². The van der Waals surface area contributed by atoms with Crippen LogP contribution in [0.2, 0.25) is 0 Å². The lowest BCUT2D eigenvalue weighted by atomic mass is 10.2. The molecule has 0 saturated carbocycles. The van der Waals surface area contributed by atoms with Crippen molar-refractivity contribution in [3.8, 4) is 0 Å². The molecule has 1 aromatic carbocycles. The lowest BCUT2D eigenvalue weighted by Crippen LogP contribution is -1.69. The van der Waals surface area contributed by atoms with Gasteiger partial charge in [-0.25, -0.2) is 0 Å². The highest BCUT2D eigenvalue weighted by atomic mass is 15.1. The van der Waals surface area contributed by atoms with Crippen LogP contribution in [0.3, 0.4) is 0 Å². The minimum Gasteiger partial charge on any atom is -0.192 e. The summed E-state index contributed by atoms with van der Waals surface area (Å²) in [6.45, 7) is 2.02. The lowest BCUT2D eigenvalue weighted by molar-refractivity contribution is 1.15. The van der Waals surface area contributed by atoms with Crippen LogP contribution in [0, 0.1) is 6.92 Å². The van der Waals surface area contributed by atoms with Gasteiger partial charge in [-0.3, -0.25) is 0 Å². The second-order valence-corrected chi connectivity index (χ2v) is 2.09.